The monoisotopic (exact) mass is 341 g/mol. The van der Waals surface area contributed by atoms with Crippen LogP contribution in [-0.4, -0.2) is 16.8 Å². The molecule has 0 unspecified atom stereocenters. The number of carbonyl (C=O) groups is 1. The third kappa shape index (κ3) is 3.48. The van der Waals surface area contributed by atoms with Crippen LogP contribution >= 0.6 is 27.3 Å². The number of nitrogens with zero attached hydrogens (tertiary/aromatic N) is 1. The highest BCUT2D eigenvalue weighted by molar-refractivity contribution is 9.11. The fourth-order valence-corrected chi connectivity index (χ4v) is 3.14. The molecule has 0 aliphatic rings. The smallest absolute Gasteiger partial charge is 0.264 e. The maximum Gasteiger partial charge on any atom is 0.264 e. The van der Waals surface area contributed by atoms with Crippen LogP contribution in [-0.2, 0) is 6.54 Å². The van der Waals surface area contributed by atoms with Gasteiger partial charge in [0.15, 0.2) is 0 Å². The number of rotatable bonds is 4. The molecule has 0 aromatic carbocycles. The SMILES string of the molecule is Cc1ccc(CN(C(=O)c2ccc(Br)s2)C(C)C)o1. The molecule has 0 saturated heterocycles. The van der Waals surface area contributed by atoms with E-state index in [4.69, 9.17) is 4.42 Å². The predicted molar refractivity (Wildman–Crippen MR) is 80.5 cm³/mol. The van der Waals surface area contributed by atoms with Gasteiger partial charge in [0.05, 0.1) is 15.2 Å². The molecular formula is C14H16BrNO2S. The molecule has 5 heteroatoms. The molecule has 0 atom stereocenters. The van der Waals surface area contributed by atoms with Gasteiger partial charge in [-0.1, -0.05) is 0 Å². The van der Waals surface area contributed by atoms with Crippen molar-refractivity contribution < 1.29 is 9.21 Å². The molecule has 0 fully saturated rings. The van der Waals surface area contributed by atoms with Crippen LogP contribution in [0.5, 0.6) is 0 Å². The Morgan fingerprint density at radius 2 is 2.11 bits per heavy atom. The third-order valence-corrected chi connectivity index (χ3v) is 4.40. The fourth-order valence-electron chi connectivity index (χ4n) is 1.80. The molecule has 0 bridgehead atoms. The number of halogens is 1. The lowest BCUT2D eigenvalue weighted by Gasteiger charge is -2.25. The largest absolute Gasteiger partial charge is 0.464 e. The quantitative estimate of drug-likeness (QED) is 0.822. The van der Waals surface area contributed by atoms with Crippen molar-refractivity contribution >= 4 is 33.2 Å². The lowest BCUT2D eigenvalue weighted by atomic mass is 10.2. The zero-order valence-corrected chi connectivity index (χ0v) is 13.5. The summed E-state index contributed by atoms with van der Waals surface area (Å²) >= 11 is 4.84. The van der Waals surface area contributed by atoms with Gasteiger partial charge in [0.25, 0.3) is 5.91 Å². The summed E-state index contributed by atoms with van der Waals surface area (Å²) in [6, 6.07) is 7.70. The van der Waals surface area contributed by atoms with E-state index in [1.807, 2.05) is 49.9 Å². The molecule has 102 valence electrons. The van der Waals surface area contributed by atoms with Crippen molar-refractivity contribution in [3.63, 3.8) is 0 Å². The van der Waals surface area contributed by atoms with E-state index >= 15 is 0 Å². The highest BCUT2D eigenvalue weighted by atomic mass is 79.9. The van der Waals surface area contributed by atoms with Gasteiger partial charge in [0.2, 0.25) is 0 Å². The molecule has 0 aliphatic heterocycles. The first kappa shape index (κ1) is 14.3. The van der Waals surface area contributed by atoms with E-state index in [0.29, 0.717) is 6.54 Å². The minimum atomic E-state index is 0.0414. The number of furan rings is 1. The second kappa shape index (κ2) is 5.92. The van der Waals surface area contributed by atoms with Crippen LogP contribution in [0.15, 0.2) is 32.5 Å². The number of amides is 1. The first-order valence-corrected chi connectivity index (χ1v) is 7.70. The summed E-state index contributed by atoms with van der Waals surface area (Å²) in [6.45, 7) is 6.42. The third-order valence-electron chi connectivity index (χ3n) is 2.79. The molecule has 0 N–H and O–H groups in total. The minimum Gasteiger partial charge on any atom is -0.464 e. The molecular weight excluding hydrogens is 326 g/mol. The molecule has 2 aromatic rings. The van der Waals surface area contributed by atoms with Gasteiger partial charge in [-0.2, -0.15) is 0 Å². The zero-order chi connectivity index (χ0) is 14.0. The van der Waals surface area contributed by atoms with Crippen molar-refractivity contribution in [3.05, 3.63) is 44.4 Å². The Hall–Kier alpha value is -1.07. The maximum absolute atomic E-state index is 12.5. The maximum atomic E-state index is 12.5. The van der Waals surface area contributed by atoms with Crippen LogP contribution < -0.4 is 0 Å². The van der Waals surface area contributed by atoms with Gasteiger partial charge in [-0.25, -0.2) is 0 Å². The van der Waals surface area contributed by atoms with E-state index in [-0.39, 0.29) is 11.9 Å². The van der Waals surface area contributed by atoms with Crippen LogP contribution in [0, 0.1) is 6.92 Å². The van der Waals surface area contributed by atoms with Crippen molar-refractivity contribution in [2.45, 2.75) is 33.4 Å². The van der Waals surface area contributed by atoms with Gasteiger partial charge in [0.1, 0.15) is 11.5 Å². The Kier molecular flexibility index (Phi) is 4.47. The lowest BCUT2D eigenvalue weighted by Crippen LogP contribution is -2.35. The van der Waals surface area contributed by atoms with Crippen molar-refractivity contribution in [1.82, 2.24) is 4.90 Å². The van der Waals surface area contributed by atoms with Crippen molar-refractivity contribution in [3.8, 4) is 0 Å². The molecule has 1 amide bonds. The molecule has 2 heterocycles. The number of thiophene rings is 1. The average Bonchev–Trinajstić information content (AvgIpc) is 2.94. The molecule has 0 aliphatic carbocycles. The van der Waals surface area contributed by atoms with Crippen molar-refractivity contribution in [1.29, 1.82) is 0 Å². The van der Waals surface area contributed by atoms with Crippen LogP contribution in [0.3, 0.4) is 0 Å². The van der Waals surface area contributed by atoms with Crippen molar-refractivity contribution in [2.24, 2.45) is 0 Å². The summed E-state index contributed by atoms with van der Waals surface area (Å²) in [7, 11) is 0. The summed E-state index contributed by atoms with van der Waals surface area (Å²) in [6.07, 6.45) is 0. The van der Waals surface area contributed by atoms with Crippen LogP contribution in [0.1, 0.15) is 35.0 Å². The summed E-state index contributed by atoms with van der Waals surface area (Å²) in [5.41, 5.74) is 0. The molecule has 3 nitrogen and oxygen atoms in total. The highest BCUT2D eigenvalue weighted by Gasteiger charge is 2.21. The number of carbonyl (C=O) groups excluding carboxylic acids is 1. The Morgan fingerprint density at radius 1 is 1.37 bits per heavy atom. The Morgan fingerprint density at radius 3 is 2.58 bits per heavy atom. The number of aryl methyl sites for hydroxylation is 1. The van der Waals surface area contributed by atoms with Crippen LogP contribution in [0.25, 0.3) is 0 Å². The van der Waals surface area contributed by atoms with Gasteiger partial charge in [-0.05, 0) is 61.0 Å². The summed E-state index contributed by atoms with van der Waals surface area (Å²) in [4.78, 5) is 15.0. The second-order valence-electron chi connectivity index (χ2n) is 4.64. The van der Waals surface area contributed by atoms with Gasteiger partial charge in [-0.15, -0.1) is 11.3 Å². The van der Waals surface area contributed by atoms with E-state index in [1.165, 1.54) is 11.3 Å². The second-order valence-corrected chi connectivity index (χ2v) is 7.11. The minimum absolute atomic E-state index is 0.0414. The topological polar surface area (TPSA) is 33.5 Å². The Labute approximate surface area is 125 Å². The predicted octanol–water partition coefficient (Wildman–Crippen LogP) is 4.46. The Balaban J connectivity index is 2.18. The van der Waals surface area contributed by atoms with E-state index in [2.05, 4.69) is 15.9 Å². The molecule has 2 aromatic heterocycles. The molecule has 0 radical (unpaired) electrons. The van der Waals surface area contributed by atoms with Crippen molar-refractivity contribution in [2.75, 3.05) is 0 Å². The molecule has 2 rings (SSSR count). The first-order chi connectivity index (χ1) is 8.97. The lowest BCUT2D eigenvalue weighted by molar-refractivity contribution is 0.0680. The summed E-state index contributed by atoms with van der Waals surface area (Å²) in [5.74, 6) is 1.72. The van der Waals surface area contributed by atoms with E-state index in [0.717, 1.165) is 20.2 Å². The van der Waals surface area contributed by atoms with E-state index in [9.17, 15) is 4.79 Å². The average molecular weight is 342 g/mol. The zero-order valence-electron chi connectivity index (χ0n) is 11.1. The summed E-state index contributed by atoms with van der Waals surface area (Å²) in [5, 5.41) is 0. The van der Waals surface area contributed by atoms with Gasteiger partial charge in [0, 0.05) is 6.04 Å². The fraction of sp³-hybridized carbons (Fsp3) is 0.357. The van der Waals surface area contributed by atoms with Crippen LogP contribution in [0.4, 0.5) is 0 Å². The van der Waals surface area contributed by atoms with Gasteiger partial charge >= 0.3 is 0 Å². The molecule has 0 saturated carbocycles. The van der Waals surface area contributed by atoms with Crippen LogP contribution in [0.2, 0.25) is 0 Å². The van der Waals surface area contributed by atoms with E-state index in [1.54, 1.807) is 0 Å². The number of hydrogen-bond acceptors (Lipinski definition) is 3. The highest BCUT2D eigenvalue weighted by Crippen LogP contribution is 2.25. The normalized spacial score (nSPS) is 11.0. The first-order valence-electron chi connectivity index (χ1n) is 6.09. The number of hydrogen-bond donors (Lipinski definition) is 0. The summed E-state index contributed by atoms with van der Waals surface area (Å²) < 4.78 is 6.52. The van der Waals surface area contributed by atoms with Gasteiger partial charge < -0.3 is 9.32 Å². The van der Waals surface area contributed by atoms with E-state index < -0.39 is 0 Å². The molecule has 0 spiro atoms. The molecule has 19 heavy (non-hydrogen) atoms. The standard InChI is InChI=1S/C14H16BrNO2S/c1-9(2)16(8-11-5-4-10(3)18-11)14(17)12-6-7-13(15)19-12/h4-7,9H,8H2,1-3H3. The Bertz CT molecular complexity index is 574. The van der Waals surface area contributed by atoms with Gasteiger partial charge in [-0.3, -0.25) is 4.79 Å².